The summed E-state index contributed by atoms with van der Waals surface area (Å²) in [6.45, 7) is -0.134. The Morgan fingerprint density at radius 1 is 1.14 bits per heavy atom. The van der Waals surface area contributed by atoms with Gasteiger partial charge < -0.3 is 10.6 Å². The van der Waals surface area contributed by atoms with Crippen molar-refractivity contribution in [1.82, 2.24) is 0 Å². The van der Waals surface area contributed by atoms with Crippen LogP contribution in [0.3, 0.4) is 0 Å². The van der Waals surface area contributed by atoms with Gasteiger partial charge in [-0.2, -0.15) is 5.26 Å². The van der Waals surface area contributed by atoms with Gasteiger partial charge in [-0.25, -0.2) is 8.78 Å². The molecule has 0 bridgehead atoms. The number of carbonyl (C=O) groups is 1. The Balaban J connectivity index is 1.96. The van der Waals surface area contributed by atoms with E-state index in [2.05, 4.69) is 10.6 Å². The van der Waals surface area contributed by atoms with Crippen LogP contribution in [0.2, 0.25) is 0 Å². The maximum absolute atomic E-state index is 13.0. The van der Waals surface area contributed by atoms with Gasteiger partial charge in [-0.15, -0.1) is 0 Å². The van der Waals surface area contributed by atoms with Crippen LogP contribution < -0.4 is 10.6 Å². The molecule has 0 radical (unpaired) electrons. The third kappa shape index (κ3) is 3.76. The fourth-order valence-electron chi connectivity index (χ4n) is 1.67. The molecule has 0 aliphatic heterocycles. The van der Waals surface area contributed by atoms with E-state index in [0.29, 0.717) is 11.3 Å². The average Bonchev–Trinajstić information content (AvgIpc) is 2.49. The van der Waals surface area contributed by atoms with Crippen LogP contribution >= 0.6 is 0 Å². The maximum Gasteiger partial charge on any atom is 0.243 e. The van der Waals surface area contributed by atoms with Gasteiger partial charge in [0.2, 0.25) is 5.91 Å². The standard InChI is InChI=1S/C15H11F2N3O/c16-12-6-5-11(7-13(12)17)19-9-15(21)20-14-4-2-1-3-10(14)8-18/h1-7,19H,9H2,(H,20,21). The second kappa shape index (κ2) is 6.48. The first-order chi connectivity index (χ1) is 10.1. The van der Waals surface area contributed by atoms with Crippen LogP contribution in [0.1, 0.15) is 5.56 Å². The summed E-state index contributed by atoms with van der Waals surface area (Å²) < 4.78 is 25.8. The number of anilines is 2. The van der Waals surface area contributed by atoms with Gasteiger partial charge in [0, 0.05) is 11.8 Å². The van der Waals surface area contributed by atoms with Crippen molar-refractivity contribution >= 4 is 17.3 Å². The Kier molecular flexibility index (Phi) is 4.46. The zero-order chi connectivity index (χ0) is 15.2. The molecule has 0 spiro atoms. The number of nitrogens with one attached hydrogen (secondary N) is 2. The minimum atomic E-state index is -0.991. The molecule has 2 aromatic carbocycles. The molecule has 4 nitrogen and oxygen atoms in total. The number of nitriles is 1. The number of carbonyl (C=O) groups excluding carboxylic acids is 1. The fourth-order valence-corrected chi connectivity index (χ4v) is 1.67. The molecule has 0 fully saturated rings. The van der Waals surface area contributed by atoms with E-state index in [1.54, 1.807) is 24.3 Å². The second-order valence-corrected chi connectivity index (χ2v) is 4.19. The van der Waals surface area contributed by atoms with Crippen LogP contribution in [0.5, 0.6) is 0 Å². The number of hydrogen-bond donors (Lipinski definition) is 2. The molecular formula is C15H11F2N3O. The summed E-state index contributed by atoms with van der Waals surface area (Å²) in [4.78, 5) is 11.8. The molecule has 0 saturated carbocycles. The first kappa shape index (κ1) is 14.5. The van der Waals surface area contributed by atoms with Crippen LogP contribution in [-0.4, -0.2) is 12.5 Å². The lowest BCUT2D eigenvalue weighted by Crippen LogP contribution is -2.22. The number of amides is 1. The van der Waals surface area contributed by atoms with Gasteiger partial charge in [0.1, 0.15) is 6.07 Å². The highest BCUT2D eigenvalue weighted by Crippen LogP contribution is 2.14. The van der Waals surface area contributed by atoms with E-state index in [1.165, 1.54) is 6.07 Å². The summed E-state index contributed by atoms with van der Waals surface area (Å²) >= 11 is 0. The van der Waals surface area contributed by atoms with Crippen LogP contribution in [0, 0.1) is 23.0 Å². The van der Waals surface area contributed by atoms with Crippen molar-refractivity contribution in [3.8, 4) is 6.07 Å². The predicted octanol–water partition coefficient (Wildman–Crippen LogP) is 2.89. The average molecular weight is 287 g/mol. The summed E-state index contributed by atoms with van der Waals surface area (Å²) in [5, 5.41) is 14.1. The third-order valence-electron chi connectivity index (χ3n) is 2.69. The maximum atomic E-state index is 13.0. The zero-order valence-electron chi connectivity index (χ0n) is 10.9. The van der Waals surface area contributed by atoms with E-state index in [9.17, 15) is 13.6 Å². The lowest BCUT2D eigenvalue weighted by molar-refractivity contribution is -0.114. The highest BCUT2D eigenvalue weighted by atomic mass is 19.2. The summed E-state index contributed by atoms with van der Waals surface area (Å²) in [7, 11) is 0. The van der Waals surface area contributed by atoms with Gasteiger partial charge >= 0.3 is 0 Å². The molecule has 0 aliphatic carbocycles. The predicted molar refractivity (Wildman–Crippen MR) is 74.6 cm³/mol. The largest absolute Gasteiger partial charge is 0.376 e. The van der Waals surface area contributed by atoms with E-state index >= 15 is 0 Å². The molecular weight excluding hydrogens is 276 g/mol. The zero-order valence-corrected chi connectivity index (χ0v) is 10.9. The summed E-state index contributed by atoms with van der Waals surface area (Å²) in [6.07, 6.45) is 0. The third-order valence-corrected chi connectivity index (χ3v) is 2.69. The van der Waals surface area contributed by atoms with Crippen LogP contribution in [0.4, 0.5) is 20.2 Å². The normalized spacial score (nSPS) is 9.76. The van der Waals surface area contributed by atoms with Gasteiger partial charge in [-0.1, -0.05) is 12.1 Å². The molecule has 0 aliphatic rings. The SMILES string of the molecule is N#Cc1ccccc1NC(=O)CNc1ccc(F)c(F)c1. The number of halogens is 2. The molecule has 1 amide bonds. The van der Waals surface area contributed by atoms with Crippen LogP contribution in [-0.2, 0) is 4.79 Å². The summed E-state index contributed by atoms with van der Waals surface area (Å²) in [6, 6.07) is 11.8. The van der Waals surface area contributed by atoms with Crippen LogP contribution in [0.15, 0.2) is 42.5 Å². The minimum Gasteiger partial charge on any atom is -0.376 e. The fraction of sp³-hybridized carbons (Fsp3) is 0.0667. The Morgan fingerprint density at radius 3 is 2.62 bits per heavy atom. The molecule has 2 rings (SSSR count). The van der Waals surface area contributed by atoms with Gasteiger partial charge in [-0.3, -0.25) is 4.79 Å². The van der Waals surface area contributed by atoms with Gasteiger partial charge in [-0.05, 0) is 24.3 Å². The number of benzene rings is 2. The van der Waals surface area contributed by atoms with E-state index in [0.717, 1.165) is 12.1 Å². The van der Waals surface area contributed by atoms with Crippen molar-refractivity contribution < 1.29 is 13.6 Å². The first-order valence-electron chi connectivity index (χ1n) is 6.08. The lowest BCUT2D eigenvalue weighted by atomic mass is 10.2. The Hall–Kier alpha value is -2.94. The van der Waals surface area contributed by atoms with Crippen molar-refractivity contribution in [2.24, 2.45) is 0 Å². The molecule has 106 valence electrons. The Labute approximate surface area is 120 Å². The highest BCUT2D eigenvalue weighted by molar-refractivity contribution is 5.94. The van der Waals surface area contributed by atoms with Crippen molar-refractivity contribution in [1.29, 1.82) is 5.26 Å². The molecule has 0 heterocycles. The first-order valence-corrected chi connectivity index (χ1v) is 6.08. The molecule has 0 aromatic heterocycles. The molecule has 0 unspecified atom stereocenters. The van der Waals surface area contributed by atoms with E-state index in [4.69, 9.17) is 5.26 Å². The highest BCUT2D eigenvalue weighted by Gasteiger charge is 2.07. The molecule has 0 saturated heterocycles. The quantitative estimate of drug-likeness (QED) is 0.908. The van der Waals surface area contributed by atoms with Gasteiger partial charge in [0.05, 0.1) is 17.8 Å². The number of rotatable bonds is 4. The monoisotopic (exact) mass is 287 g/mol. The smallest absolute Gasteiger partial charge is 0.243 e. The van der Waals surface area contributed by atoms with Crippen molar-refractivity contribution in [3.63, 3.8) is 0 Å². The van der Waals surface area contributed by atoms with E-state index in [1.807, 2.05) is 6.07 Å². The van der Waals surface area contributed by atoms with Gasteiger partial charge in [0.15, 0.2) is 11.6 Å². The molecule has 21 heavy (non-hydrogen) atoms. The van der Waals surface area contributed by atoms with Crippen molar-refractivity contribution in [2.75, 3.05) is 17.2 Å². The topological polar surface area (TPSA) is 64.9 Å². The van der Waals surface area contributed by atoms with Crippen LogP contribution in [0.25, 0.3) is 0 Å². The molecule has 0 atom stereocenters. The minimum absolute atomic E-state index is 0.134. The van der Waals surface area contributed by atoms with E-state index in [-0.39, 0.29) is 12.2 Å². The van der Waals surface area contributed by atoms with Crippen molar-refractivity contribution in [2.45, 2.75) is 0 Å². The molecule has 2 N–H and O–H groups in total. The summed E-state index contributed by atoms with van der Waals surface area (Å²) in [5.74, 6) is -2.34. The van der Waals surface area contributed by atoms with Crippen molar-refractivity contribution in [3.05, 3.63) is 59.7 Å². The second-order valence-electron chi connectivity index (χ2n) is 4.19. The lowest BCUT2D eigenvalue weighted by Gasteiger charge is -2.09. The molecule has 6 heteroatoms. The number of hydrogen-bond acceptors (Lipinski definition) is 3. The Morgan fingerprint density at radius 2 is 1.90 bits per heavy atom. The van der Waals surface area contributed by atoms with E-state index < -0.39 is 17.5 Å². The number of nitrogens with zero attached hydrogens (tertiary/aromatic N) is 1. The summed E-state index contributed by atoms with van der Waals surface area (Å²) in [5.41, 5.74) is 1.04. The van der Waals surface area contributed by atoms with Gasteiger partial charge in [0.25, 0.3) is 0 Å². The Bertz CT molecular complexity index is 710. The molecule has 2 aromatic rings. The number of para-hydroxylation sites is 1.